The SMILES string of the molecule is C=Cc1ccnc(Nc2cc(C#N)c(N3CCN(C(=O)CCOC)[C@H](C)C3)nc2C2CC2)c1. The molecule has 4 rings (SSSR count). The van der Waals surface area contributed by atoms with Crippen molar-refractivity contribution >= 4 is 29.3 Å². The van der Waals surface area contributed by atoms with Crippen molar-refractivity contribution < 1.29 is 9.53 Å². The number of carbonyl (C=O) groups excluding carboxylic acids is 1. The lowest BCUT2D eigenvalue weighted by Gasteiger charge is -2.41. The lowest BCUT2D eigenvalue weighted by Crippen LogP contribution is -2.54. The molecule has 0 unspecified atom stereocenters. The van der Waals surface area contributed by atoms with Gasteiger partial charge < -0.3 is 19.9 Å². The first-order valence-corrected chi connectivity index (χ1v) is 11.4. The number of rotatable bonds is 8. The van der Waals surface area contributed by atoms with Gasteiger partial charge in [0, 0.05) is 44.9 Å². The van der Waals surface area contributed by atoms with Crippen molar-refractivity contribution in [1.82, 2.24) is 14.9 Å². The van der Waals surface area contributed by atoms with Gasteiger partial charge in [0.25, 0.3) is 0 Å². The maximum atomic E-state index is 12.5. The first kappa shape index (κ1) is 22.7. The third kappa shape index (κ3) is 5.15. The fourth-order valence-corrected chi connectivity index (χ4v) is 4.24. The Morgan fingerprint density at radius 3 is 2.88 bits per heavy atom. The van der Waals surface area contributed by atoms with Gasteiger partial charge in [-0.3, -0.25) is 4.79 Å². The number of hydrogen-bond acceptors (Lipinski definition) is 7. The number of piperazine rings is 1. The summed E-state index contributed by atoms with van der Waals surface area (Å²) in [6.07, 6.45) is 6.07. The average molecular weight is 447 g/mol. The minimum atomic E-state index is 0.0319. The molecule has 0 spiro atoms. The molecule has 2 aromatic heterocycles. The van der Waals surface area contributed by atoms with Gasteiger partial charge in [0.05, 0.1) is 30.0 Å². The molecule has 8 nitrogen and oxygen atoms in total. The number of aromatic nitrogens is 2. The average Bonchev–Trinajstić information content (AvgIpc) is 3.67. The van der Waals surface area contributed by atoms with E-state index in [1.165, 1.54) is 0 Å². The topological polar surface area (TPSA) is 94.4 Å². The summed E-state index contributed by atoms with van der Waals surface area (Å²) in [4.78, 5) is 25.9. The summed E-state index contributed by atoms with van der Waals surface area (Å²) in [5.74, 6) is 1.89. The van der Waals surface area contributed by atoms with E-state index in [9.17, 15) is 10.1 Å². The number of nitrogens with zero attached hydrogens (tertiary/aromatic N) is 5. The predicted molar refractivity (Wildman–Crippen MR) is 128 cm³/mol. The molecule has 0 aromatic carbocycles. The minimum Gasteiger partial charge on any atom is -0.384 e. The number of hydrogen-bond donors (Lipinski definition) is 1. The maximum Gasteiger partial charge on any atom is 0.225 e. The van der Waals surface area contributed by atoms with Crippen LogP contribution in [-0.2, 0) is 9.53 Å². The van der Waals surface area contributed by atoms with Gasteiger partial charge in [-0.15, -0.1) is 0 Å². The van der Waals surface area contributed by atoms with Crippen LogP contribution in [-0.4, -0.2) is 60.2 Å². The van der Waals surface area contributed by atoms with Gasteiger partial charge in [0.15, 0.2) is 0 Å². The van der Waals surface area contributed by atoms with E-state index in [-0.39, 0.29) is 11.9 Å². The second-order valence-electron chi connectivity index (χ2n) is 8.61. The van der Waals surface area contributed by atoms with Gasteiger partial charge in [-0.1, -0.05) is 12.7 Å². The first-order valence-electron chi connectivity index (χ1n) is 11.4. The Kier molecular flexibility index (Phi) is 6.90. The number of ether oxygens (including phenoxy) is 1. The van der Waals surface area contributed by atoms with Crippen molar-refractivity contribution in [3.63, 3.8) is 0 Å². The zero-order valence-corrected chi connectivity index (χ0v) is 19.3. The van der Waals surface area contributed by atoms with Crippen LogP contribution in [0.1, 0.15) is 48.9 Å². The van der Waals surface area contributed by atoms with Crippen LogP contribution < -0.4 is 10.2 Å². The lowest BCUT2D eigenvalue weighted by molar-refractivity contribution is -0.134. The summed E-state index contributed by atoms with van der Waals surface area (Å²) >= 11 is 0. The smallest absolute Gasteiger partial charge is 0.225 e. The fourth-order valence-electron chi connectivity index (χ4n) is 4.24. The molecule has 1 N–H and O–H groups in total. The Hall–Kier alpha value is -3.44. The number of carbonyl (C=O) groups is 1. The zero-order chi connectivity index (χ0) is 23.4. The van der Waals surface area contributed by atoms with Crippen LogP contribution in [0.2, 0.25) is 0 Å². The highest BCUT2D eigenvalue weighted by Gasteiger charge is 2.33. The summed E-state index contributed by atoms with van der Waals surface area (Å²) < 4.78 is 5.05. The van der Waals surface area contributed by atoms with Crippen molar-refractivity contribution in [2.75, 3.05) is 43.6 Å². The Balaban J connectivity index is 1.58. The molecular weight excluding hydrogens is 416 g/mol. The van der Waals surface area contributed by atoms with Crippen molar-refractivity contribution in [3.05, 3.63) is 47.8 Å². The quantitative estimate of drug-likeness (QED) is 0.661. The molecule has 33 heavy (non-hydrogen) atoms. The fraction of sp³-hybridized carbons (Fsp3) is 0.440. The van der Waals surface area contributed by atoms with Gasteiger partial charge in [-0.25, -0.2) is 9.97 Å². The third-order valence-electron chi connectivity index (χ3n) is 6.17. The summed E-state index contributed by atoms with van der Waals surface area (Å²) in [5, 5.41) is 13.3. The third-order valence-corrected chi connectivity index (χ3v) is 6.17. The summed E-state index contributed by atoms with van der Waals surface area (Å²) in [7, 11) is 1.60. The van der Waals surface area contributed by atoms with Gasteiger partial charge in [0.2, 0.25) is 5.91 Å². The molecule has 1 aliphatic carbocycles. The Labute approximate surface area is 194 Å². The number of pyridine rings is 2. The van der Waals surface area contributed by atoms with Crippen LogP contribution in [0.15, 0.2) is 31.0 Å². The molecule has 0 radical (unpaired) electrons. The van der Waals surface area contributed by atoms with E-state index in [2.05, 4.69) is 27.8 Å². The molecule has 172 valence electrons. The van der Waals surface area contributed by atoms with E-state index in [1.54, 1.807) is 19.4 Å². The monoisotopic (exact) mass is 446 g/mol. The van der Waals surface area contributed by atoms with Crippen LogP contribution in [0.5, 0.6) is 0 Å². The molecule has 2 aliphatic rings. The highest BCUT2D eigenvalue weighted by molar-refractivity contribution is 5.77. The van der Waals surface area contributed by atoms with E-state index in [1.807, 2.05) is 30.0 Å². The minimum absolute atomic E-state index is 0.0319. The molecule has 2 aromatic rings. The van der Waals surface area contributed by atoms with Crippen LogP contribution in [0.3, 0.4) is 0 Å². The van der Waals surface area contributed by atoms with Crippen LogP contribution in [0.25, 0.3) is 6.08 Å². The van der Waals surface area contributed by atoms with E-state index < -0.39 is 0 Å². The second kappa shape index (κ2) is 10.0. The van der Waals surface area contributed by atoms with Gasteiger partial charge in [-0.05, 0) is 43.5 Å². The first-order chi connectivity index (χ1) is 16.0. The molecule has 1 amide bonds. The highest BCUT2D eigenvalue weighted by Crippen LogP contribution is 2.44. The van der Waals surface area contributed by atoms with E-state index >= 15 is 0 Å². The highest BCUT2D eigenvalue weighted by atomic mass is 16.5. The Bertz CT molecular complexity index is 1080. The molecule has 1 aliphatic heterocycles. The largest absolute Gasteiger partial charge is 0.384 e. The lowest BCUT2D eigenvalue weighted by atomic mass is 10.1. The van der Waals surface area contributed by atoms with E-state index in [0.29, 0.717) is 55.8 Å². The predicted octanol–water partition coefficient (Wildman–Crippen LogP) is 3.69. The van der Waals surface area contributed by atoms with Crippen molar-refractivity contribution in [1.29, 1.82) is 5.26 Å². The number of amides is 1. The van der Waals surface area contributed by atoms with Crippen LogP contribution >= 0.6 is 0 Å². The van der Waals surface area contributed by atoms with Crippen molar-refractivity contribution in [2.24, 2.45) is 0 Å². The molecule has 1 saturated heterocycles. The molecule has 1 saturated carbocycles. The summed E-state index contributed by atoms with van der Waals surface area (Å²) in [5.41, 5.74) is 3.29. The Morgan fingerprint density at radius 1 is 1.39 bits per heavy atom. The van der Waals surface area contributed by atoms with Crippen LogP contribution in [0, 0.1) is 11.3 Å². The van der Waals surface area contributed by atoms with Crippen LogP contribution in [0.4, 0.5) is 17.3 Å². The molecule has 1 atom stereocenters. The molecule has 3 heterocycles. The number of nitrogens with one attached hydrogen (secondary N) is 1. The number of nitriles is 1. The van der Waals surface area contributed by atoms with Crippen molar-refractivity contribution in [2.45, 2.75) is 38.1 Å². The molecule has 8 heteroatoms. The molecule has 0 bridgehead atoms. The standard InChI is InChI=1S/C25H30N6O2/c1-4-18-7-9-27-22(13-18)28-21-14-20(15-26)25(29-24(21)19-5-6-19)30-10-11-31(17(2)16-30)23(32)8-12-33-3/h4,7,9,13-14,17,19H,1,5-6,8,10-12,16H2,2-3H3,(H,27,28)/t17-/m1/s1. The summed E-state index contributed by atoms with van der Waals surface area (Å²) in [6.45, 7) is 8.17. The Morgan fingerprint density at radius 2 is 2.21 bits per heavy atom. The van der Waals surface area contributed by atoms with E-state index in [4.69, 9.17) is 9.72 Å². The normalized spacial score (nSPS) is 18.0. The van der Waals surface area contributed by atoms with Gasteiger partial charge in [0.1, 0.15) is 17.7 Å². The second-order valence-corrected chi connectivity index (χ2v) is 8.61. The maximum absolute atomic E-state index is 12.5. The van der Waals surface area contributed by atoms with Gasteiger partial charge >= 0.3 is 0 Å². The molecule has 2 fully saturated rings. The number of methoxy groups -OCH3 is 1. The van der Waals surface area contributed by atoms with Gasteiger partial charge in [-0.2, -0.15) is 5.26 Å². The molecular formula is C25H30N6O2. The van der Waals surface area contributed by atoms with Crippen molar-refractivity contribution in [3.8, 4) is 6.07 Å². The number of anilines is 3. The summed E-state index contributed by atoms with van der Waals surface area (Å²) in [6, 6.07) is 8.06. The zero-order valence-electron chi connectivity index (χ0n) is 19.3. The van der Waals surface area contributed by atoms with E-state index in [0.717, 1.165) is 29.8 Å².